The van der Waals surface area contributed by atoms with Crippen LogP contribution < -0.4 is 11.1 Å². The molecule has 0 saturated carbocycles. The summed E-state index contributed by atoms with van der Waals surface area (Å²) < 4.78 is 149. The zero-order valence-electron chi connectivity index (χ0n) is 19.4. The van der Waals surface area contributed by atoms with Crippen LogP contribution in [0, 0.1) is 9.39 Å². The van der Waals surface area contributed by atoms with Gasteiger partial charge in [-0.1, -0.05) is 35.9 Å². The van der Waals surface area contributed by atoms with Gasteiger partial charge < -0.3 is 11.1 Å². The van der Waals surface area contributed by atoms with Crippen molar-refractivity contribution in [2.24, 2.45) is 5.73 Å². The molecule has 0 aliphatic heterocycles. The molecule has 17 heteroatoms. The lowest BCUT2D eigenvalue weighted by Crippen LogP contribution is -2.50. The molecule has 220 valence electrons. The molecule has 3 aromatic rings. The van der Waals surface area contributed by atoms with Gasteiger partial charge in [0.15, 0.2) is 0 Å². The van der Waals surface area contributed by atoms with Crippen molar-refractivity contribution in [2.75, 3.05) is 5.32 Å². The quantitative estimate of drug-likeness (QED) is 0.205. The highest BCUT2D eigenvalue weighted by Crippen LogP contribution is 2.54. The normalized spacial score (nSPS) is 12.8. The second kappa shape index (κ2) is 10.9. The highest BCUT2D eigenvalue weighted by atomic mass is 127. The number of alkyl halides is 10. The number of hydrogen-bond acceptors (Lipinski definition) is 2. The molecule has 0 heterocycles. The lowest BCUT2D eigenvalue weighted by molar-refractivity contribution is -0.348. The van der Waals surface area contributed by atoms with Gasteiger partial charge in [0.1, 0.15) is 5.82 Å². The monoisotopic (exact) mass is 730 g/mol. The molecule has 3 aromatic carbocycles. The summed E-state index contributed by atoms with van der Waals surface area (Å²) in [6.07, 6.45) is -19.1. The smallest absolute Gasteiger partial charge is 0.366 e. The van der Waals surface area contributed by atoms with Crippen LogP contribution in [-0.4, -0.2) is 24.2 Å². The second-order valence-corrected chi connectivity index (χ2v) is 9.73. The summed E-state index contributed by atoms with van der Waals surface area (Å²) in [6, 6.07) is 5.75. The highest BCUT2D eigenvalue weighted by Gasteiger charge is 2.73. The average Bonchev–Trinajstić information content (AvgIpc) is 2.82. The molecule has 41 heavy (non-hydrogen) atoms. The largest absolute Gasteiger partial charge is 0.435 e. The van der Waals surface area contributed by atoms with Crippen LogP contribution in [0.15, 0.2) is 48.5 Å². The number of nitrogens with two attached hydrogens (primary N) is 1. The van der Waals surface area contributed by atoms with Crippen LogP contribution in [0.1, 0.15) is 31.8 Å². The van der Waals surface area contributed by atoms with E-state index in [9.17, 15) is 53.5 Å². The lowest BCUT2D eigenvalue weighted by atomic mass is 9.92. The number of rotatable bonds is 5. The summed E-state index contributed by atoms with van der Waals surface area (Å²) >= 11 is 6.96. The van der Waals surface area contributed by atoms with E-state index in [1.54, 1.807) is 5.32 Å². The maximum atomic E-state index is 15.4. The van der Waals surface area contributed by atoms with Crippen LogP contribution in [-0.2, 0) is 11.8 Å². The van der Waals surface area contributed by atoms with Gasteiger partial charge in [-0.2, -0.15) is 39.5 Å². The van der Waals surface area contributed by atoms with Crippen molar-refractivity contribution in [1.29, 1.82) is 0 Å². The first kappa shape index (κ1) is 32.4. The first-order chi connectivity index (χ1) is 18.6. The van der Waals surface area contributed by atoms with Crippen molar-refractivity contribution in [3.05, 3.63) is 85.2 Å². The molecular weight excluding hydrogens is 720 g/mol. The zero-order chi connectivity index (χ0) is 31.3. The number of amides is 2. The molecule has 4 nitrogen and oxygen atoms in total. The van der Waals surface area contributed by atoms with Crippen molar-refractivity contribution in [3.63, 3.8) is 0 Å². The topological polar surface area (TPSA) is 72.2 Å². The number of hydrogen-bond donors (Lipinski definition) is 2. The molecule has 0 bridgehead atoms. The average molecular weight is 731 g/mol. The minimum absolute atomic E-state index is 0.149. The van der Waals surface area contributed by atoms with Gasteiger partial charge in [0.25, 0.3) is 5.91 Å². The standard InChI is InChI=1S/C24H11ClF11IN2O2/c25-16-10(3-1-5-12(16)19(38)40)11-4-2-6-13(17(11)26)20(41)39-18-14(22(28,29)30)7-9(8-15(18)37)21(27,23(31,32)33)24(34,35)36/h1-8H,(H2,38,40)(H,39,41). The Balaban J connectivity index is 2.16. The Kier molecular flexibility index (Phi) is 8.62. The molecule has 2 amide bonds. The van der Waals surface area contributed by atoms with Gasteiger partial charge in [-0.05, 0) is 46.9 Å². The van der Waals surface area contributed by atoms with E-state index in [2.05, 4.69) is 0 Å². The van der Waals surface area contributed by atoms with Gasteiger partial charge in [-0.15, -0.1) is 0 Å². The summed E-state index contributed by atoms with van der Waals surface area (Å²) in [5, 5.41) is 1.29. The Labute approximate surface area is 240 Å². The van der Waals surface area contributed by atoms with Gasteiger partial charge >= 0.3 is 24.2 Å². The van der Waals surface area contributed by atoms with Crippen LogP contribution in [0.5, 0.6) is 0 Å². The first-order valence-corrected chi connectivity index (χ1v) is 12.0. The Morgan fingerprint density at radius 2 is 1.32 bits per heavy atom. The van der Waals surface area contributed by atoms with Crippen molar-refractivity contribution in [3.8, 4) is 11.1 Å². The van der Waals surface area contributed by atoms with E-state index >= 15 is 4.39 Å². The van der Waals surface area contributed by atoms with Crippen molar-refractivity contribution in [1.82, 2.24) is 0 Å². The van der Waals surface area contributed by atoms with Crippen LogP contribution >= 0.6 is 34.2 Å². The van der Waals surface area contributed by atoms with E-state index < -0.39 is 79.4 Å². The van der Waals surface area contributed by atoms with E-state index in [4.69, 9.17) is 17.3 Å². The molecule has 0 unspecified atom stereocenters. The molecule has 0 atom stereocenters. The summed E-state index contributed by atoms with van der Waals surface area (Å²) in [6.45, 7) is 0. The van der Waals surface area contributed by atoms with E-state index in [0.29, 0.717) is 0 Å². The van der Waals surface area contributed by atoms with Crippen molar-refractivity contribution >= 4 is 51.7 Å². The Morgan fingerprint density at radius 3 is 1.80 bits per heavy atom. The highest BCUT2D eigenvalue weighted by molar-refractivity contribution is 14.1. The first-order valence-electron chi connectivity index (χ1n) is 10.5. The SMILES string of the molecule is NC(=O)c1cccc(-c2cccc(C(=O)Nc3c(I)cc(C(F)(C(F)(F)F)C(F)(F)F)cc3C(F)(F)F)c2F)c1Cl. The van der Waals surface area contributed by atoms with Crippen molar-refractivity contribution in [2.45, 2.75) is 24.2 Å². The third-order valence-corrected chi connectivity index (χ3v) is 6.87. The fourth-order valence-corrected chi connectivity index (χ4v) is 4.75. The molecule has 0 spiro atoms. The maximum absolute atomic E-state index is 15.4. The third kappa shape index (κ3) is 5.93. The summed E-state index contributed by atoms with van der Waals surface area (Å²) in [4.78, 5) is 24.4. The summed E-state index contributed by atoms with van der Waals surface area (Å²) in [5.41, 5.74) is -8.80. The van der Waals surface area contributed by atoms with Crippen molar-refractivity contribution < 1.29 is 57.9 Å². The van der Waals surface area contributed by atoms with E-state index in [1.807, 2.05) is 0 Å². The number of anilines is 1. The predicted octanol–water partition coefficient (Wildman–Crippen LogP) is 8.41. The number of halogens is 13. The lowest BCUT2D eigenvalue weighted by Gasteiger charge is -2.31. The number of benzene rings is 3. The third-order valence-electron chi connectivity index (χ3n) is 5.61. The van der Waals surface area contributed by atoms with Gasteiger partial charge in [0.2, 0.25) is 5.91 Å². The number of primary amides is 1. The Hall–Kier alpha value is -3.15. The molecule has 0 aliphatic carbocycles. The minimum atomic E-state index is -6.71. The molecule has 0 radical (unpaired) electrons. The number of carbonyl (C=O) groups excluding carboxylic acids is 2. The van der Waals surface area contributed by atoms with Gasteiger partial charge in [0, 0.05) is 20.3 Å². The van der Waals surface area contributed by atoms with Crippen LogP contribution in [0.2, 0.25) is 5.02 Å². The Bertz CT molecular complexity index is 1520. The van der Waals surface area contributed by atoms with Crippen LogP contribution in [0.4, 0.5) is 54.0 Å². The van der Waals surface area contributed by atoms with Gasteiger partial charge in [0.05, 0.1) is 27.4 Å². The fourth-order valence-electron chi connectivity index (χ4n) is 3.67. The maximum Gasteiger partial charge on any atom is 0.435 e. The molecule has 0 saturated heterocycles. The minimum Gasteiger partial charge on any atom is -0.366 e. The van der Waals surface area contributed by atoms with Gasteiger partial charge in [-0.25, -0.2) is 8.78 Å². The summed E-state index contributed by atoms with van der Waals surface area (Å²) in [5.74, 6) is -3.97. The molecule has 0 aromatic heterocycles. The van der Waals surface area contributed by atoms with E-state index in [-0.39, 0.29) is 22.2 Å². The molecular formula is C24H11ClF11IN2O2. The molecule has 3 rings (SSSR count). The fraction of sp³-hybridized carbons (Fsp3) is 0.167. The van der Waals surface area contributed by atoms with Crippen LogP contribution in [0.3, 0.4) is 0 Å². The number of nitrogens with one attached hydrogen (secondary N) is 1. The van der Waals surface area contributed by atoms with Crippen LogP contribution in [0.25, 0.3) is 11.1 Å². The van der Waals surface area contributed by atoms with Gasteiger partial charge in [-0.3, -0.25) is 9.59 Å². The van der Waals surface area contributed by atoms with E-state index in [0.717, 1.165) is 40.8 Å². The number of carbonyl (C=O) groups is 2. The molecule has 3 N–H and O–H groups in total. The summed E-state index contributed by atoms with van der Waals surface area (Å²) in [7, 11) is 0. The molecule has 0 aliphatic rings. The van der Waals surface area contributed by atoms with E-state index in [1.165, 1.54) is 18.2 Å². The predicted molar refractivity (Wildman–Crippen MR) is 132 cm³/mol. The zero-order valence-corrected chi connectivity index (χ0v) is 22.3. The molecule has 0 fully saturated rings. The second-order valence-electron chi connectivity index (χ2n) is 8.18. The Morgan fingerprint density at radius 1 is 0.805 bits per heavy atom.